The van der Waals surface area contributed by atoms with Crippen LogP contribution in [0.5, 0.6) is 23.0 Å². The lowest BCUT2D eigenvalue weighted by atomic mass is 9.96. The van der Waals surface area contributed by atoms with Crippen LogP contribution in [0.1, 0.15) is 68.7 Å². The van der Waals surface area contributed by atoms with Gasteiger partial charge in [0, 0.05) is 28.7 Å². The van der Waals surface area contributed by atoms with Crippen molar-refractivity contribution in [2.45, 2.75) is 25.7 Å². The van der Waals surface area contributed by atoms with Gasteiger partial charge in [-0.3, -0.25) is 0 Å². The van der Waals surface area contributed by atoms with Crippen molar-refractivity contribution in [2.75, 3.05) is 13.2 Å². The molecule has 0 spiro atoms. The summed E-state index contributed by atoms with van der Waals surface area (Å²) in [5, 5.41) is 10.6. The van der Waals surface area contributed by atoms with Gasteiger partial charge in [0.1, 0.15) is 23.0 Å². The van der Waals surface area contributed by atoms with Gasteiger partial charge >= 0.3 is 11.9 Å². The second-order valence-electron chi connectivity index (χ2n) is 9.88. The Labute approximate surface area is 238 Å². The Kier molecular flexibility index (Phi) is 7.69. The average Bonchev–Trinajstić information content (AvgIpc) is 3.00. The summed E-state index contributed by atoms with van der Waals surface area (Å²) >= 11 is 0. The number of hydrogen-bond acceptors (Lipinski definition) is 7. The molecule has 7 heteroatoms. The van der Waals surface area contributed by atoms with E-state index in [1.54, 1.807) is 42.5 Å². The first-order valence-electron chi connectivity index (χ1n) is 13.6. The Morgan fingerprint density at radius 3 is 1.90 bits per heavy atom. The minimum Gasteiger partial charge on any atom is -0.462 e. The second kappa shape index (κ2) is 11.9. The highest BCUT2D eigenvalue weighted by molar-refractivity contribution is 5.91. The Morgan fingerprint density at radius 2 is 1.15 bits per heavy atom. The summed E-state index contributed by atoms with van der Waals surface area (Å²) in [5.74, 6) is 1.52. The van der Waals surface area contributed by atoms with Gasteiger partial charge in [-0.25, -0.2) is 9.59 Å². The summed E-state index contributed by atoms with van der Waals surface area (Å²) in [6, 6.07) is 25.1. The van der Waals surface area contributed by atoms with E-state index in [4.69, 9.17) is 18.9 Å². The highest BCUT2D eigenvalue weighted by Crippen LogP contribution is 2.42. The Morgan fingerprint density at radius 1 is 0.585 bits per heavy atom. The minimum atomic E-state index is -0.446. The maximum absolute atomic E-state index is 12.5. The van der Waals surface area contributed by atoms with E-state index >= 15 is 0 Å². The molecule has 206 valence electrons. The number of ether oxygens (including phenoxy) is 4. The molecule has 4 aromatic rings. The molecule has 41 heavy (non-hydrogen) atoms. The van der Waals surface area contributed by atoms with Crippen molar-refractivity contribution in [1.82, 2.24) is 0 Å². The van der Waals surface area contributed by atoms with Crippen LogP contribution in [-0.2, 0) is 9.47 Å². The molecule has 0 saturated heterocycles. The van der Waals surface area contributed by atoms with Crippen LogP contribution in [0.3, 0.4) is 0 Å². The number of carbonyl (C=O) groups excluding carboxylic acids is 2. The number of benzene rings is 4. The van der Waals surface area contributed by atoms with Crippen molar-refractivity contribution in [3.63, 3.8) is 0 Å². The first-order chi connectivity index (χ1) is 20.1. The Hall–Kier alpha value is -4.62. The predicted octanol–water partition coefficient (Wildman–Crippen LogP) is 7.37. The van der Waals surface area contributed by atoms with E-state index < -0.39 is 5.97 Å². The molecule has 2 aliphatic heterocycles. The van der Waals surface area contributed by atoms with E-state index in [0.717, 1.165) is 29.7 Å². The van der Waals surface area contributed by atoms with Crippen LogP contribution >= 0.6 is 0 Å². The van der Waals surface area contributed by atoms with E-state index in [0.29, 0.717) is 59.0 Å². The van der Waals surface area contributed by atoms with Crippen LogP contribution in [0.15, 0.2) is 84.9 Å². The molecular formula is C34H28O7. The number of esters is 2. The SMILES string of the molecule is O=C(OCCCCCCOC(=O)c1ccc2c(c1)Oc1ccccc1[C]2O)c1ccc2c(c1)Oc1ccccc1[CH]2. The van der Waals surface area contributed by atoms with E-state index in [9.17, 15) is 14.7 Å². The fraction of sp³-hybridized carbons (Fsp3) is 0.176. The maximum Gasteiger partial charge on any atom is 0.338 e. The summed E-state index contributed by atoms with van der Waals surface area (Å²) < 4.78 is 22.7. The van der Waals surface area contributed by atoms with Crippen LogP contribution in [-0.4, -0.2) is 30.3 Å². The van der Waals surface area contributed by atoms with E-state index in [-0.39, 0.29) is 18.7 Å². The first-order valence-corrected chi connectivity index (χ1v) is 13.6. The van der Waals surface area contributed by atoms with Crippen LogP contribution in [0.25, 0.3) is 0 Å². The first kappa shape index (κ1) is 26.6. The summed E-state index contributed by atoms with van der Waals surface area (Å²) in [4.78, 5) is 25.1. The minimum absolute atomic E-state index is 0.119. The van der Waals surface area contributed by atoms with Gasteiger partial charge in [-0.05, 0) is 62.1 Å². The third kappa shape index (κ3) is 5.81. The average molecular weight is 549 g/mol. The molecule has 2 radical (unpaired) electrons. The molecule has 4 aromatic carbocycles. The summed E-state index contributed by atoms with van der Waals surface area (Å²) in [6.45, 7) is 0.597. The molecule has 6 rings (SSSR count). The van der Waals surface area contributed by atoms with Gasteiger partial charge in [-0.1, -0.05) is 48.5 Å². The van der Waals surface area contributed by atoms with Crippen LogP contribution < -0.4 is 9.47 Å². The van der Waals surface area contributed by atoms with Crippen LogP contribution in [0.2, 0.25) is 0 Å². The van der Waals surface area contributed by atoms with Gasteiger partial charge < -0.3 is 24.1 Å². The molecule has 0 bridgehead atoms. The number of unbranched alkanes of at least 4 members (excludes halogenated alkanes) is 3. The van der Waals surface area contributed by atoms with Crippen molar-refractivity contribution in [3.05, 3.63) is 131 Å². The smallest absolute Gasteiger partial charge is 0.338 e. The topological polar surface area (TPSA) is 91.3 Å². The summed E-state index contributed by atoms with van der Waals surface area (Å²) in [7, 11) is 0. The summed E-state index contributed by atoms with van der Waals surface area (Å²) in [5.41, 5.74) is 3.88. The van der Waals surface area contributed by atoms with Crippen molar-refractivity contribution in [1.29, 1.82) is 0 Å². The highest BCUT2D eigenvalue weighted by atomic mass is 16.5. The van der Waals surface area contributed by atoms with Crippen molar-refractivity contribution >= 4 is 11.9 Å². The second-order valence-corrected chi connectivity index (χ2v) is 9.88. The quantitative estimate of drug-likeness (QED) is 0.152. The number of fused-ring (bicyclic) bond motifs is 4. The van der Waals surface area contributed by atoms with Gasteiger partial charge in [0.15, 0.2) is 6.10 Å². The van der Waals surface area contributed by atoms with Gasteiger partial charge in [0.05, 0.1) is 24.3 Å². The van der Waals surface area contributed by atoms with Crippen LogP contribution in [0, 0.1) is 12.5 Å². The number of aliphatic hydroxyl groups excluding tert-OH is 1. The fourth-order valence-corrected chi connectivity index (χ4v) is 4.85. The third-order valence-electron chi connectivity index (χ3n) is 7.04. The zero-order chi connectivity index (χ0) is 28.2. The standard InChI is InChI=1S/C34H28O7/c35-32-26-10-4-6-12-29(26)41-31-21-25(15-16-27(31)32)34(37)39-18-8-2-1-7-17-38-33(36)24-14-13-23-19-22-9-3-5-11-28(22)40-30(23)20-24/h3-6,9-16,19-21,35H,1-2,7-8,17-18H2. The fourth-order valence-electron chi connectivity index (χ4n) is 4.85. The lowest BCUT2D eigenvalue weighted by Crippen LogP contribution is -2.12. The van der Waals surface area contributed by atoms with Crippen LogP contribution in [0.4, 0.5) is 0 Å². The lowest BCUT2D eigenvalue weighted by molar-refractivity contribution is 0.0473. The van der Waals surface area contributed by atoms with E-state index in [2.05, 4.69) is 0 Å². The molecule has 0 saturated carbocycles. The number of aliphatic hydroxyl groups is 1. The largest absolute Gasteiger partial charge is 0.462 e. The van der Waals surface area contributed by atoms with E-state index in [1.165, 1.54) is 0 Å². The van der Waals surface area contributed by atoms with Crippen molar-refractivity contribution in [2.24, 2.45) is 0 Å². The number of hydrogen-bond donors (Lipinski definition) is 1. The van der Waals surface area contributed by atoms with Crippen molar-refractivity contribution in [3.8, 4) is 23.0 Å². The summed E-state index contributed by atoms with van der Waals surface area (Å²) in [6.07, 6.45) is 5.24. The molecule has 0 amide bonds. The molecule has 0 aromatic heterocycles. The van der Waals surface area contributed by atoms with E-state index in [1.807, 2.05) is 48.9 Å². The predicted molar refractivity (Wildman–Crippen MR) is 151 cm³/mol. The molecule has 0 unspecified atom stereocenters. The number of para-hydroxylation sites is 2. The zero-order valence-electron chi connectivity index (χ0n) is 22.3. The molecule has 0 atom stereocenters. The molecule has 2 aliphatic rings. The normalized spacial score (nSPS) is 13.0. The van der Waals surface area contributed by atoms with Gasteiger partial charge in [-0.2, -0.15) is 0 Å². The molecular weight excluding hydrogens is 520 g/mol. The number of rotatable bonds is 9. The zero-order valence-corrected chi connectivity index (χ0v) is 22.3. The molecule has 0 fully saturated rings. The molecule has 1 N–H and O–H groups in total. The molecule has 7 nitrogen and oxygen atoms in total. The maximum atomic E-state index is 12.5. The Bertz CT molecular complexity index is 1590. The monoisotopic (exact) mass is 548 g/mol. The van der Waals surface area contributed by atoms with Gasteiger partial charge in [-0.15, -0.1) is 0 Å². The Balaban J connectivity index is 0.894. The highest BCUT2D eigenvalue weighted by Gasteiger charge is 2.27. The third-order valence-corrected chi connectivity index (χ3v) is 7.04. The van der Waals surface area contributed by atoms with Crippen molar-refractivity contribution < 1.29 is 33.6 Å². The number of carbonyl (C=O) groups is 2. The van der Waals surface area contributed by atoms with Gasteiger partial charge in [0.2, 0.25) is 0 Å². The molecule has 2 heterocycles. The lowest BCUT2D eigenvalue weighted by Gasteiger charge is -2.24. The van der Waals surface area contributed by atoms with Gasteiger partial charge in [0.25, 0.3) is 0 Å². The molecule has 0 aliphatic carbocycles.